The van der Waals surface area contributed by atoms with E-state index in [4.69, 9.17) is 9.47 Å². The first-order chi connectivity index (χ1) is 11.8. The monoisotopic (exact) mass is 348 g/mol. The van der Waals surface area contributed by atoms with E-state index in [0.29, 0.717) is 17.1 Å². The first-order valence-electron chi connectivity index (χ1n) is 7.48. The number of carbonyl (C=O) groups is 3. The van der Waals surface area contributed by atoms with Crippen molar-refractivity contribution < 1.29 is 34.1 Å². The average Bonchev–Trinajstić information content (AvgIpc) is 2.83. The molecule has 1 heterocycles. The Bertz CT molecular complexity index is 753. The summed E-state index contributed by atoms with van der Waals surface area (Å²) in [5.74, 6) is -2.47. The van der Waals surface area contributed by atoms with Gasteiger partial charge in [0.15, 0.2) is 23.0 Å². The predicted octanol–water partition coefficient (Wildman–Crippen LogP) is 0.128. The van der Waals surface area contributed by atoms with Crippen LogP contribution in [0.2, 0.25) is 0 Å². The maximum atomic E-state index is 12.3. The van der Waals surface area contributed by atoms with Crippen LogP contribution in [0, 0.1) is 0 Å². The number of hydrogen-bond acceptors (Lipinski definition) is 7. The Balaban J connectivity index is 2.52. The van der Waals surface area contributed by atoms with Crippen LogP contribution in [-0.4, -0.2) is 48.4 Å². The van der Waals surface area contributed by atoms with Gasteiger partial charge in [-0.2, -0.15) is 0 Å². The number of methoxy groups -OCH3 is 2. The number of carboxylic acids is 1. The van der Waals surface area contributed by atoms with Gasteiger partial charge in [0.05, 0.1) is 25.8 Å². The van der Waals surface area contributed by atoms with Gasteiger partial charge < -0.3 is 29.4 Å². The Morgan fingerprint density at radius 1 is 1.24 bits per heavy atom. The van der Waals surface area contributed by atoms with E-state index in [0.717, 1.165) is 4.90 Å². The minimum Gasteiger partial charge on any atom is -0.550 e. The van der Waals surface area contributed by atoms with Crippen molar-refractivity contribution in [2.45, 2.75) is 19.4 Å². The van der Waals surface area contributed by atoms with Gasteiger partial charge in [-0.3, -0.25) is 9.59 Å². The van der Waals surface area contributed by atoms with Crippen molar-refractivity contribution in [1.29, 1.82) is 0 Å². The molecule has 0 bridgehead atoms. The first-order valence-corrected chi connectivity index (χ1v) is 7.48. The maximum absolute atomic E-state index is 12.3. The van der Waals surface area contributed by atoms with E-state index in [1.54, 1.807) is 18.2 Å². The molecular weight excluding hydrogens is 330 g/mol. The van der Waals surface area contributed by atoms with Gasteiger partial charge in [-0.15, -0.1) is 0 Å². The molecule has 25 heavy (non-hydrogen) atoms. The molecule has 0 radical (unpaired) electrons. The summed E-state index contributed by atoms with van der Waals surface area (Å²) in [5.41, 5.74) is 0.397. The van der Waals surface area contributed by atoms with E-state index in [9.17, 15) is 24.6 Å². The Morgan fingerprint density at radius 3 is 2.40 bits per heavy atom. The Hall–Kier alpha value is -3.03. The van der Waals surface area contributed by atoms with Crippen molar-refractivity contribution in [1.82, 2.24) is 4.90 Å². The van der Waals surface area contributed by atoms with Crippen molar-refractivity contribution in [3.63, 3.8) is 0 Å². The molecular formula is C17H18NO7-. The van der Waals surface area contributed by atoms with Crippen LogP contribution in [0.3, 0.4) is 0 Å². The number of Topliss-reactive ketones (excluding diaryl/α,β-unsaturated/α-hetero) is 1. The topological polar surface area (TPSA) is 116 Å². The van der Waals surface area contributed by atoms with Gasteiger partial charge in [0, 0.05) is 18.9 Å². The normalized spacial score (nSPS) is 17.0. The maximum Gasteiger partial charge on any atom is 0.290 e. The van der Waals surface area contributed by atoms with Crippen molar-refractivity contribution in [3.8, 4) is 11.5 Å². The molecule has 0 spiro atoms. The van der Waals surface area contributed by atoms with E-state index in [2.05, 4.69) is 0 Å². The highest BCUT2D eigenvalue weighted by Crippen LogP contribution is 2.40. The molecule has 0 aromatic heterocycles. The Labute approximate surface area is 144 Å². The molecule has 0 aliphatic carbocycles. The van der Waals surface area contributed by atoms with Crippen LogP contribution < -0.4 is 14.6 Å². The van der Waals surface area contributed by atoms with Gasteiger partial charge in [0.25, 0.3) is 5.91 Å². The lowest BCUT2D eigenvalue weighted by atomic mass is 9.96. The number of amides is 1. The van der Waals surface area contributed by atoms with Crippen LogP contribution in [-0.2, 0) is 14.4 Å². The van der Waals surface area contributed by atoms with E-state index in [1.807, 2.05) is 0 Å². The van der Waals surface area contributed by atoms with E-state index >= 15 is 0 Å². The van der Waals surface area contributed by atoms with Crippen molar-refractivity contribution in [3.05, 3.63) is 35.1 Å². The van der Waals surface area contributed by atoms with E-state index in [1.165, 1.54) is 21.1 Å². The molecule has 0 saturated carbocycles. The number of hydrogen-bond donors (Lipinski definition) is 1. The van der Waals surface area contributed by atoms with Crippen LogP contribution in [0.1, 0.15) is 24.9 Å². The fourth-order valence-electron chi connectivity index (χ4n) is 2.82. The predicted molar refractivity (Wildman–Crippen MR) is 84.0 cm³/mol. The van der Waals surface area contributed by atoms with Gasteiger partial charge >= 0.3 is 0 Å². The Morgan fingerprint density at radius 2 is 1.88 bits per heavy atom. The summed E-state index contributed by atoms with van der Waals surface area (Å²) >= 11 is 0. The zero-order chi connectivity index (χ0) is 18.7. The fraction of sp³-hybridized carbons (Fsp3) is 0.353. The average molecular weight is 348 g/mol. The molecule has 0 saturated heterocycles. The van der Waals surface area contributed by atoms with Crippen molar-refractivity contribution in [2.24, 2.45) is 0 Å². The summed E-state index contributed by atoms with van der Waals surface area (Å²) < 4.78 is 10.4. The molecule has 134 valence electrons. The van der Waals surface area contributed by atoms with Crippen molar-refractivity contribution >= 4 is 17.7 Å². The fourth-order valence-corrected chi connectivity index (χ4v) is 2.82. The molecule has 1 aliphatic heterocycles. The van der Waals surface area contributed by atoms with Crippen molar-refractivity contribution in [2.75, 3.05) is 20.8 Å². The Kier molecular flexibility index (Phi) is 5.31. The molecule has 1 aromatic rings. The number of benzene rings is 1. The lowest BCUT2D eigenvalue weighted by Gasteiger charge is -2.27. The molecule has 1 amide bonds. The number of carboxylic acid groups (broad SMARTS) is 1. The molecule has 8 nitrogen and oxygen atoms in total. The summed E-state index contributed by atoms with van der Waals surface area (Å²) in [5, 5.41) is 20.8. The van der Waals surface area contributed by atoms with Crippen LogP contribution in [0.15, 0.2) is 29.5 Å². The molecule has 0 fully saturated rings. The van der Waals surface area contributed by atoms with Gasteiger partial charge in [-0.1, -0.05) is 6.07 Å². The highest BCUT2D eigenvalue weighted by Gasteiger charge is 2.42. The quantitative estimate of drug-likeness (QED) is 0.744. The number of aliphatic hydroxyl groups is 1. The minimum absolute atomic E-state index is 0.0874. The van der Waals surface area contributed by atoms with Crippen LogP contribution in [0.5, 0.6) is 11.5 Å². The first kappa shape index (κ1) is 18.3. The molecule has 2 rings (SSSR count). The largest absolute Gasteiger partial charge is 0.550 e. The van der Waals surface area contributed by atoms with Gasteiger partial charge in [0.1, 0.15) is 0 Å². The summed E-state index contributed by atoms with van der Waals surface area (Å²) in [7, 11) is 2.91. The molecule has 1 unspecified atom stereocenters. The number of aliphatic hydroxyl groups excluding tert-OH is 1. The third-order valence-electron chi connectivity index (χ3n) is 3.96. The number of ether oxygens (including phenoxy) is 2. The zero-order valence-electron chi connectivity index (χ0n) is 14.1. The number of ketones is 1. The second kappa shape index (κ2) is 7.25. The summed E-state index contributed by atoms with van der Waals surface area (Å²) in [6.07, 6.45) is -0.423. The second-order valence-electron chi connectivity index (χ2n) is 5.46. The summed E-state index contributed by atoms with van der Waals surface area (Å²) in [6, 6.07) is 3.88. The lowest BCUT2D eigenvalue weighted by Crippen LogP contribution is -2.35. The molecule has 1 aliphatic rings. The third kappa shape index (κ3) is 3.42. The molecule has 1 atom stereocenters. The number of rotatable bonds is 7. The zero-order valence-corrected chi connectivity index (χ0v) is 14.1. The SMILES string of the molecule is COc1ccc(C2C(C(C)=O)=C(O)C(=O)N2CCC(=O)[O-])cc1OC. The molecule has 1 aromatic carbocycles. The molecule has 8 heteroatoms. The van der Waals surface area contributed by atoms with Crippen LogP contribution in [0.25, 0.3) is 0 Å². The minimum atomic E-state index is -1.34. The summed E-state index contributed by atoms with van der Waals surface area (Å²) in [6.45, 7) is 1.02. The standard InChI is InChI=1S/C17H19NO7/c1-9(19)14-15(10-4-5-11(24-2)12(8-10)25-3)18(7-6-13(20)21)17(23)16(14)22/h4-5,8,15,22H,6-7H2,1-3H3,(H,20,21)/p-1. The van der Waals surface area contributed by atoms with E-state index in [-0.39, 0.29) is 12.1 Å². The number of carbonyl (C=O) groups excluding carboxylic acids is 3. The smallest absolute Gasteiger partial charge is 0.290 e. The highest BCUT2D eigenvalue weighted by atomic mass is 16.5. The van der Waals surface area contributed by atoms with Gasteiger partial charge in [-0.05, 0) is 24.6 Å². The number of nitrogens with zero attached hydrogens (tertiary/aromatic N) is 1. The van der Waals surface area contributed by atoms with E-state index < -0.39 is 35.9 Å². The third-order valence-corrected chi connectivity index (χ3v) is 3.96. The van der Waals surface area contributed by atoms with Gasteiger partial charge in [-0.25, -0.2) is 0 Å². The van der Waals surface area contributed by atoms with Gasteiger partial charge in [0.2, 0.25) is 0 Å². The highest BCUT2D eigenvalue weighted by molar-refractivity contribution is 6.08. The molecule has 1 N–H and O–H groups in total. The van der Waals surface area contributed by atoms with Crippen LogP contribution in [0.4, 0.5) is 0 Å². The lowest BCUT2D eigenvalue weighted by molar-refractivity contribution is -0.305. The van der Waals surface area contributed by atoms with Crippen LogP contribution >= 0.6 is 0 Å². The number of aliphatic carboxylic acids is 1. The second-order valence-corrected chi connectivity index (χ2v) is 5.46. The summed E-state index contributed by atoms with van der Waals surface area (Å²) in [4.78, 5) is 36.1.